The van der Waals surface area contributed by atoms with Crippen molar-refractivity contribution < 1.29 is 4.74 Å². The van der Waals surface area contributed by atoms with Gasteiger partial charge in [0.25, 0.3) is 0 Å². The Labute approximate surface area is 93.2 Å². The molecule has 14 heavy (non-hydrogen) atoms. The third kappa shape index (κ3) is 2.23. The molecule has 2 rings (SSSR count). The third-order valence-electron chi connectivity index (χ3n) is 3.45. The Morgan fingerprint density at radius 2 is 1.71 bits per heavy atom. The molecule has 1 saturated heterocycles. The van der Waals surface area contributed by atoms with Crippen molar-refractivity contribution in [3.8, 4) is 0 Å². The van der Waals surface area contributed by atoms with E-state index in [1.165, 1.54) is 25.7 Å². The van der Waals surface area contributed by atoms with Crippen LogP contribution in [-0.4, -0.2) is 17.9 Å². The quantitative estimate of drug-likeness (QED) is 0.733. The van der Waals surface area contributed by atoms with Gasteiger partial charge in [0.05, 0.1) is 6.61 Å². The average molecular weight is 220 g/mol. The molecule has 2 aliphatic rings. The summed E-state index contributed by atoms with van der Waals surface area (Å²) in [5.74, 6) is 0.731. The summed E-state index contributed by atoms with van der Waals surface area (Å²) in [5, 5.41) is 3.63. The van der Waals surface area contributed by atoms with Gasteiger partial charge in [-0.2, -0.15) is 0 Å². The zero-order chi connectivity index (χ0) is 9.53. The lowest BCUT2D eigenvalue weighted by molar-refractivity contribution is -0.0408. The van der Waals surface area contributed by atoms with E-state index in [1.807, 2.05) is 0 Å². The lowest BCUT2D eigenvalue weighted by atomic mass is 9.94. The minimum absolute atomic E-state index is 0. The summed E-state index contributed by atoms with van der Waals surface area (Å²) in [7, 11) is 0. The molecule has 0 aromatic heterocycles. The van der Waals surface area contributed by atoms with Crippen molar-refractivity contribution >= 4 is 12.4 Å². The molecule has 1 aliphatic heterocycles. The van der Waals surface area contributed by atoms with Crippen LogP contribution in [0.5, 0.6) is 0 Å². The van der Waals surface area contributed by atoms with Crippen LogP contribution in [-0.2, 0) is 4.74 Å². The second kappa shape index (κ2) is 3.99. The average Bonchev–Trinajstić information content (AvgIpc) is 2.58. The van der Waals surface area contributed by atoms with Crippen molar-refractivity contribution in [2.45, 2.75) is 57.7 Å². The highest BCUT2D eigenvalue weighted by Gasteiger charge is 2.45. The minimum Gasteiger partial charge on any atom is -0.359 e. The van der Waals surface area contributed by atoms with E-state index in [-0.39, 0.29) is 23.7 Å². The lowest BCUT2D eigenvalue weighted by Crippen LogP contribution is -2.50. The molecule has 1 N–H and O–H groups in total. The van der Waals surface area contributed by atoms with Crippen LogP contribution in [0.2, 0.25) is 0 Å². The maximum atomic E-state index is 5.93. The van der Waals surface area contributed by atoms with Gasteiger partial charge in [-0.25, -0.2) is 0 Å². The second-order valence-corrected chi connectivity index (χ2v) is 5.39. The van der Waals surface area contributed by atoms with Gasteiger partial charge in [-0.15, -0.1) is 12.4 Å². The minimum atomic E-state index is -0.0417. The summed E-state index contributed by atoms with van der Waals surface area (Å²) in [6.45, 7) is 7.50. The zero-order valence-corrected chi connectivity index (χ0v) is 10.2. The van der Waals surface area contributed by atoms with Gasteiger partial charge in [-0.3, -0.25) is 5.32 Å². The fourth-order valence-electron chi connectivity index (χ4n) is 2.77. The molecule has 0 radical (unpaired) electrons. The predicted molar refractivity (Wildman–Crippen MR) is 60.8 cm³/mol. The predicted octanol–water partition coefficient (Wildman–Crippen LogP) is 2.71. The van der Waals surface area contributed by atoms with E-state index in [2.05, 4.69) is 26.1 Å². The number of ether oxygens (including phenoxy) is 1. The molecule has 1 atom stereocenters. The van der Waals surface area contributed by atoms with Gasteiger partial charge in [0.15, 0.2) is 0 Å². The molecule has 1 heterocycles. The van der Waals surface area contributed by atoms with Crippen LogP contribution in [0.15, 0.2) is 0 Å². The van der Waals surface area contributed by atoms with Crippen molar-refractivity contribution in [2.24, 2.45) is 5.92 Å². The van der Waals surface area contributed by atoms with E-state index < -0.39 is 0 Å². The number of rotatable bonds is 1. The molecule has 0 spiro atoms. The topological polar surface area (TPSA) is 21.3 Å². The summed E-state index contributed by atoms with van der Waals surface area (Å²) in [6.07, 6.45) is 5.43. The SMILES string of the molecule is CC1(C)COC(C)(C2CCCC2)N1.Cl. The Hall–Kier alpha value is 0.210. The van der Waals surface area contributed by atoms with E-state index in [4.69, 9.17) is 4.74 Å². The molecule has 1 aliphatic carbocycles. The smallest absolute Gasteiger partial charge is 0.119 e. The van der Waals surface area contributed by atoms with Crippen LogP contribution < -0.4 is 5.32 Å². The Morgan fingerprint density at radius 3 is 2.14 bits per heavy atom. The monoisotopic (exact) mass is 219 g/mol. The number of hydrogen-bond donors (Lipinski definition) is 1. The van der Waals surface area contributed by atoms with Gasteiger partial charge >= 0.3 is 0 Å². The highest BCUT2D eigenvalue weighted by atomic mass is 35.5. The Bertz CT molecular complexity index is 201. The highest BCUT2D eigenvalue weighted by Crippen LogP contribution is 2.38. The molecule has 0 aromatic carbocycles. The van der Waals surface area contributed by atoms with Crippen LogP contribution in [0.1, 0.15) is 46.5 Å². The highest BCUT2D eigenvalue weighted by molar-refractivity contribution is 5.85. The number of hydrogen-bond acceptors (Lipinski definition) is 2. The van der Waals surface area contributed by atoms with E-state index in [1.54, 1.807) is 0 Å². The van der Waals surface area contributed by atoms with Crippen molar-refractivity contribution in [2.75, 3.05) is 6.61 Å². The van der Waals surface area contributed by atoms with E-state index >= 15 is 0 Å². The normalized spacial score (nSPS) is 37.1. The maximum absolute atomic E-state index is 5.93. The van der Waals surface area contributed by atoms with Gasteiger partial charge in [0.2, 0.25) is 0 Å². The Morgan fingerprint density at radius 1 is 1.14 bits per heavy atom. The Kier molecular flexibility index (Phi) is 3.50. The molecule has 3 heteroatoms. The van der Waals surface area contributed by atoms with Crippen LogP contribution in [0.25, 0.3) is 0 Å². The zero-order valence-electron chi connectivity index (χ0n) is 9.43. The summed E-state index contributed by atoms with van der Waals surface area (Å²) in [6, 6.07) is 0. The van der Waals surface area contributed by atoms with Crippen molar-refractivity contribution in [1.82, 2.24) is 5.32 Å². The van der Waals surface area contributed by atoms with Crippen molar-refractivity contribution in [3.63, 3.8) is 0 Å². The summed E-state index contributed by atoms with van der Waals surface area (Å²) < 4.78 is 5.93. The number of halogens is 1. The van der Waals surface area contributed by atoms with Crippen LogP contribution in [0.3, 0.4) is 0 Å². The van der Waals surface area contributed by atoms with Crippen molar-refractivity contribution in [1.29, 1.82) is 0 Å². The molecule has 0 aromatic rings. The molecule has 84 valence electrons. The van der Waals surface area contributed by atoms with Gasteiger partial charge in [-0.1, -0.05) is 12.8 Å². The van der Waals surface area contributed by atoms with Crippen molar-refractivity contribution in [3.05, 3.63) is 0 Å². The third-order valence-corrected chi connectivity index (χ3v) is 3.45. The summed E-state index contributed by atoms with van der Waals surface area (Å²) in [5.41, 5.74) is 0.122. The van der Waals surface area contributed by atoms with Gasteiger partial charge in [0.1, 0.15) is 5.72 Å². The summed E-state index contributed by atoms with van der Waals surface area (Å²) >= 11 is 0. The molecular formula is C11H22ClNO. The molecule has 2 fully saturated rings. The maximum Gasteiger partial charge on any atom is 0.119 e. The van der Waals surface area contributed by atoms with E-state index in [0.717, 1.165) is 12.5 Å². The van der Waals surface area contributed by atoms with E-state index in [9.17, 15) is 0 Å². The first-order chi connectivity index (χ1) is 6.02. The first-order valence-corrected chi connectivity index (χ1v) is 5.45. The lowest BCUT2D eigenvalue weighted by Gasteiger charge is -2.32. The standard InChI is InChI=1S/C11H21NO.ClH/c1-10(2)8-13-11(3,12-10)9-6-4-5-7-9;/h9,12H,4-8H2,1-3H3;1H. The molecule has 0 amide bonds. The largest absolute Gasteiger partial charge is 0.359 e. The molecule has 1 unspecified atom stereocenters. The van der Waals surface area contributed by atoms with Crippen LogP contribution >= 0.6 is 12.4 Å². The van der Waals surface area contributed by atoms with Gasteiger partial charge in [0, 0.05) is 11.5 Å². The molecule has 0 bridgehead atoms. The Balaban J connectivity index is 0.000000980. The molecular weight excluding hydrogens is 198 g/mol. The molecule has 1 saturated carbocycles. The number of nitrogens with one attached hydrogen (secondary N) is 1. The fourth-order valence-corrected chi connectivity index (χ4v) is 2.77. The van der Waals surface area contributed by atoms with Gasteiger partial charge < -0.3 is 4.74 Å². The van der Waals surface area contributed by atoms with Gasteiger partial charge in [-0.05, 0) is 33.6 Å². The fraction of sp³-hybridized carbons (Fsp3) is 1.00. The van der Waals surface area contributed by atoms with Crippen LogP contribution in [0.4, 0.5) is 0 Å². The first-order valence-electron chi connectivity index (χ1n) is 5.45. The van der Waals surface area contributed by atoms with Crippen LogP contribution in [0, 0.1) is 5.92 Å². The first kappa shape index (κ1) is 12.3. The summed E-state index contributed by atoms with van der Waals surface area (Å²) in [4.78, 5) is 0. The van der Waals surface area contributed by atoms with E-state index in [0.29, 0.717) is 0 Å². The second-order valence-electron chi connectivity index (χ2n) is 5.39. The molecule has 2 nitrogen and oxygen atoms in total.